The highest BCUT2D eigenvalue weighted by Gasteiger charge is 2.16. The second-order valence-corrected chi connectivity index (χ2v) is 6.70. The van der Waals surface area contributed by atoms with Crippen LogP contribution in [0.2, 0.25) is 0 Å². The van der Waals surface area contributed by atoms with Crippen molar-refractivity contribution in [2.45, 2.75) is 6.54 Å². The highest BCUT2D eigenvalue weighted by Crippen LogP contribution is 2.21. The first-order valence-electron chi connectivity index (χ1n) is 9.08. The van der Waals surface area contributed by atoms with E-state index >= 15 is 0 Å². The van der Waals surface area contributed by atoms with E-state index in [0.29, 0.717) is 17.1 Å². The van der Waals surface area contributed by atoms with Gasteiger partial charge >= 0.3 is 0 Å². The monoisotopic (exact) mass is 388 g/mol. The van der Waals surface area contributed by atoms with Gasteiger partial charge in [-0.3, -0.25) is 9.48 Å². The van der Waals surface area contributed by atoms with Crippen LogP contribution in [0.5, 0.6) is 0 Å². The molecule has 0 atom stereocenters. The Morgan fingerprint density at radius 2 is 1.90 bits per heavy atom. The van der Waals surface area contributed by atoms with Crippen LogP contribution in [0.25, 0.3) is 11.5 Å². The lowest BCUT2D eigenvalue weighted by Crippen LogP contribution is -2.16. The molecule has 1 N–H and O–H groups in total. The number of amides is 1. The van der Waals surface area contributed by atoms with E-state index in [0.717, 1.165) is 12.2 Å². The van der Waals surface area contributed by atoms with Gasteiger partial charge in [-0.05, 0) is 29.8 Å². The van der Waals surface area contributed by atoms with E-state index in [-0.39, 0.29) is 11.6 Å². The summed E-state index contributed by atoms with van der Waals surface area (Å²) in [7, 11) is 3.78. The Balaban J connectivity index is 1.39. The average Bonchev–Trinajstić information content (AvgIpc) is 3.38. The molecular weight excluding hydrogens is 368 g/mol. The Bertz CT molecular complexity index is 1100. The first kappa shape index (κ1) is 18.4. The third kappa shape index (κ3) is 4.32. The molecule has 0 unspecified atom stereocenters. The van der Waals surface area contributed by atoms with Crippen molar-refractivity contribution in [2.75, 3.05) is 17.3 Å². The number of rotatable bonds is 6. The van der Waals surface area contributed by atoms with Gasteiger partial charge in [0, 0.05) is 38.1 Å². The number of aromatic nitrogens is 4. The summed E-state index contributed by atoms with van der Waals surface area (Å²) in [6.07, 6.45) is 1.69. The summed E-state index contributed by atoms with van der Waals surface area (Å²) in [6, 6.07) is 19.4. The third-order valence-corrected chi connectivity index (χ3v) is 4.43. The van der Waals surface area contributed by atoms with Crippen LogP contribution in [0.1, 0.15) is 16.1 Å². The molecule has 0 aliphatic carbocycles. The number of nitrogens with one attached hydrogen (secondary N) is 1. The summed E-state index contributed by atoms with van der Waals surface area (Å²) >= 11 is 0. The van der Waals surface area contributed by atoms with E-state index in [1.165, 1.54) is 5.56 Å². The largest absolute Gasteiger partial charge is 0.370 e. The molecule has 0 fully saturated rings. The number of aryl methyl sites for hydroxylation is 1. The molecule has 0 radical (unpaired) electrons. The number of carbonyl (C=O) groups excluding carboxylic acids is 1. The van der Waals surface area contributed by atoms with E-state index in [4.69, 9.17) is 4.52 Å². The number of carbonyl (C=O) groups is 1. The van der Waals surface area contributed by atoms with Gasteiger partial charge in [-0.1, -0.05) is 40.7 Å². The van der Waals surface area contributed by atoms with Crippen molar-refractivity contribution >= 4 is 17.3 Å². The minimum absolute atomic E-state index is 0.177. The molecule has 2 heterocycles. The maximum atomic E-state index is 12.4. The van der Waals surface area contributed by atoms with Crippen molar-refractivity contribution < 1.29 is 9.32 Å². The molecule has 4 aromatic rings. The van der Waals surface area contributed by atoms with E-state index in [1.807, 2.05) is 49.5 Å². The van der Waals surface area contributed by atoms with E-state index in [9.17, 15) is 4.79 Å². The molecule has 0 saturated heterocycles. The highest BCUT2D eigenvalue weighted by molar-refractivity contribution is 6.03. The summed E-state index contributed by atoms with van der Waals surface area (Å²) in [4.78, 5) is 14.6. The van der Waals surface area contributed by atoms with Gasteiger partial charge in [-0.2, -0.15) is 0 Å². The van der Waals surface area contributed by atoms with Gasteiger partial charge in [0.05, 0.1) is 6.20 Å². The van der Waals surface area contributed by atoms with Crippen LogP contribution in [-0.2, 0) is 13.6 Å². The first-order chi connectivity index (χ1) is 14.1. The van der Waals surface area contributed by atoms with Gasteiger partial charge in [0.25, 0.3) is 5.91 Å². The molecule has 0 aliphatic rings. The number of nitrogens with zero attached hydrogens (tertiary/aromatic N) is 5. The lowest BCUT2D eigenvalue weighted by atomic mass is 10.2. The summed E-state index contributed by atoms with van der Waals surface area (Å²) in [5, 5.41) is 14.4. The smallest absolute Gasteiger partial charge is 0.277 e. The predicted octanol–water partition coefficient (Wildman–Crippen LogP) is 3.36. The molecule has 146 valence electrons. The average molecular weight is 388 g/mol. The van der Waals surface area contributed by atoms with Gasteiger partial charge in [-0.25, -0.2) is 0 Å². The van der Waals surface area contributed by atoms with Crippen LogP contribution in [-0.4, -0.2) is 33.1 Å². The number of hydrogen-bond acceptors (Lipinski definition) is 6. The van der Waals surface area contributed by atoms with Gasteiger partial charge < -0.3 is 14.7 Å². The lowest BCUT2D eigenvalue weighted by molar-refractivity contribution is 0.101. The zero-order chi connectivity index (χ0) is 20.2. The van der Waals surface area contributed by atoms with Crippen LogP contribution in [0.3, 0.4) is 0 Å². The summed E-state index contributed by atoms with van der Waals surface area (Å²) < 4.78 is 6.75. The fourth-order valence-corrected chi connectivity index (χ4v) is 2.91. The molecule has 2 aromatic carbocycles. The topological polar surface area (TPSA) is 89.1 Å². The molecule has 0 spiro atoms. The van der Waals surface area contributed by atoms with Gasteiger partial charge in [0.15, 0.2) is 17.1 Å². The molecule has 0 aliphatic heterocycles. The molecule has 8 nitrogen and oxygen atoms in total. The predicted molar refractivity (Wildman–Crippen MR) is 109 cm³/mol. The molecule has 0 saturated carbocycles. The van der Waals surface area contributed by atoms with Crippen LogP contribution in [0.15, 0.2) is 71.4 Å². The summed E-state index contributed by atoms with van der Waals surface area (Å²) in [5.74, 6) is 0.0374. The summed E-state index contributed by atoms with van der Waals surface area (Å²) in [6.45, 7) is 0.802. The van der Waals surface area contributed by atoms with Crippen molar-refractivity contribution in [3.63, 3.8) is 0 Å². The van der Waals surface area contributed by atoms with E-state index in [2.05, 4.69) is 37.8 Å². The molecule has 0 bridgehead atoms. The van der Waals surface area contributed by atoms with E-state index < -0.39 is 0 Å². The first-order valence-corrected chi connectivity index (χ1v) is 9.08. The van der Waals surface area contributed by atoms with Crippen LogP contribution < -0.4 is 10.2 Å². The fourth-order valence-electron chi connectivity index (χ4n) is 2.91. The Hall–Kier alpha value is -3.94. The molecular formula is C21H20N6O2. The normalized spacial score (nSPS) is 10.7. The number of hydrogen-bond donors (Lipinski definition) is 1. The minimum atomic E-state index is -0.353. The molecule has 8 heteroatoms. The molecule has 4 rings (SSSR count). The minimum Gasteiger partial charge on any atom is -0.370 e. The molecule has 1 amide bonds. The number of anilines is 2. The van der Waals surface area contributed by atoms with Crippen LogP contribution in [0, 0.1) is 0 Å². The molecule has 29 heavy (non-hydrogen) atoms. The summed E-state index contributed by atoms with van der Waals surface area (Å²) in [5.41, 5.74) is 3.66. The maximum Gasteiger partial charge on any atom is 0.277 e. The van der Waals surface area contributed by atoms with Crippen LogP contribution in [0.4, 0.5) is 11.4 Å². The Kier molecular flexibility index (Phi) is 5.07. The van der Waals surface area contributed by atoms with Crippen LogP contribution >= 0.6 is 0 Å². The van der Waals surface area contributed by atoms with Crippen molar-refractivity contribution in [1.82, 2.24) is 20.2 Å². The highest BCUT2D eigenvalue weighted by atomic mass is 16.5. The lowest BCUT2D eigenvalue weighted by Gasteiger charge is -2.19. The Morgan fingerprint density at radius 1 is 1.14 bits per heavy atom. The quantitative estimate of drug-likeness (QED) is 0.545. The van der Waals surface area contributed by atoms with E-state index in [1.54, 1.807) is 24.0 Å². The van der Waals surface area contributed by atoms with Crippen molar-refractivity contribution in [2.24, 2.45) is 7.05 Å². The standard InChI is InChI=1S/C21H20N6O2/c1-26(13-15-6-4-3-5-7-15)17-10-8-16(9-11-17)22-21(28)18-12-20(29-24-18)19-14-27(2)25-23-19/h3-12,14H,13H2,1-2H3,(H,22,28). The Morgan fingerprint density at radius 3 is 2.59 bits per heavy atom. The van der Waals surface area contributed by atoms with Gasteiger partial charge in [0.1, 0.15) is 0 Å². The Labute approximate surface area is 167 Å². The zero-order valence-electron chi connectivity index (χ0n) is 16.1. The fraction of sp³-hybridized carbons (Fsp3) is 0.143. The SMILES string of the molecule is CN(Cc1ccccc1)c1ccc(NC(=O)c2cc(-c3cn(C)nn3)on2)cc1. The maximum absolute atomic E-state index is 12.4. The van der Waals surface area contributed by atoms with Crippen molar-refractivity contribution in [3.8, 4) is 11.5 Å². The number of benzene rings is 2. The third-order valence-electron chi connectivity index (χ3n) is 4.43. The second kappa shape index (κ2) is 7.97. The van der Waals surface area contributed by atoms with Gasteiger partial charge in [0.2, 0.25) is 0 Å². The second-order valence-electron chi connectivity index (χ2n) is 6.70. The zero-order valence-corrected chi connectivity index (χ0v) is 16.1. The molecule has 2 aromatic heterocycles. The van der Waals surface area contributed by atoms with Crippen molar-refractivity contribution in [3.05, 3.63) is 78.1 Å². The van der Waals surface area contributed by atoms with Gasteiger partial charge in [-0.15, -0.1) is 5.10 Å². The van der Waals surface area contributed by atoms with Crippen molar-refractivity contribution in [1.29, 1.82) is 0 Å².